The van der Waals surface area contributed by atoms with Gasteiger partial charge >= 0.3 is 0 Å². The molecule has 1 aliphatic rings. The molecule has 1 aromatic heterocycles. The highest BCUT2D eigenvalue weighted by molar-refractivity contribution is 7.90. The molecule has 1 aliphatic heterocycles. The number of ether oxygens (including phenoxy) is 2. The van der Waals surface area contributed by atoms with E-state index >= 15 is 0 Å². The summed E-state index contributed by atoms with van der Waals surface area (Å²) in [6.45, 7) is 9.44. The van der Waals surface area contributed by atoms with Crippen molar-refractivity contribution < 1.29 is 37.7 Å². The van der Waals surface area contributed by atoms with Crippen LogP contribution in [0.5, 0.6) is 23.0 Å². The number of sulfone groups is 1. The number of likely N-dealkylation sites (tertiary alicyclic amines) is 1. The Morgan fingerprint density at radius 1 is 0.968 bits per heavy atom. The second-order valence-corrected chi connectivity index (χ2v) is 20.0. The van der Waals surface area contributed by atoms with Gasteiger partial charge in [-0.1, -0.05) is 63.2 Å². The number of aryl methyl sites for hydroxylation is 1. The van der Waals surface area contributed by atoms with Crippen LogP contribution in [-0.4, -0.2) is 77.4 Å². The number of thiazole rings is 1. The molecule has 1 saturated heterocycles. The minimum Gasteiger partial charge on any atom is -0.508 e. The molecule has 4 atom stereocenters. The number of β-amino-alcohol motifs (C(OH)–C–C–N with tert-alkyl or cyclic N) is 1. The number of aromatic nitrogens is 1. The SMILES string of the molecule is Cc1ncsc1-c1ccc([C@H](C)NC(=O)[C@]2(CCOc3ccc(Oc4c(-c5ccc(S(C)(=O)=O)cc5)ccc5cc(O)ccc45)cc3)C[C@@H](O)CN2C(=O)[C@@H](N)C(C)(C)C)cc1.Cl. The van der Waals surface area contributed by atoms with Crippen molar-refractivity contribution in [3.8, 4) is 44.6 Å². The molecule has 12 nitrogen and oxygen atoms in total. The molecular weight excluding hydrogens is 860 g/mol. The first-order chi connectivity index (χ1) is 29.3. The van der Waals surface area contributed by atoms with Gasteiger partial charge in [0.2, 0.25) is 11.8 Å². The molecule has 0 bridgehead atoms. The number of halogens is 1. The fraction of sp³-hybridized carbons (Fsp3) is 0.312. The summed E-state index contributed by atoms with van der Waals surface area (Å²) in [5.74, 6) is 0.759. The fourth-order valence-corrected chi connectivity index (χ4v) is 9.28. The number of nitrogens with two attached hydrogens (primary N) is 1. The van der Waals surface area contributed by atoms with Crippen LogP contribution in [0.25, 0.3) is 32.3 Å². The fourth-order valence-electron chi connectivity index (χ4n) is 7.84. The number of carbonyl (C=O) groups is 2. The van der Waals surface area contributed by atoms with Crippen molar-refractivity contribution in [3.05, 3.63) is 120 Å². The Kier molecular flexibility index (Phi) is 13.9. The number of phenolic OH excluding ortho intramolecular Hbond substituents is 1. The van der Waals surface area contributed by atoms with Gasteiger partial charge in [0.05, 0.1) is 45.8 Å². The van der Waals surface area contributed by atoms with Crippen molar-refractivity contribution in [2.45, 2.75) is 76.1 Å². The first-order valence-electron chi connectivity index (χ1n) is 20.4. The minimum atomic E-state index is -3.39. The highest BCUT2D eigenvalue weighted by Gasteiger charge is 2.54. The van der Waals surface area contributed by atoms with Crippen molar-refractivity contribution >= 4 is 56.2 Å². The van der Waals surface area contributed by atoms with E-state index in [-0.39, 0.29) is 49.0 Å². The number of hydrogen-bond acceptors (Lipinski definition) is 11. The Balaban J connectivity index is 0.00000661. The molecule has 5 aromatic carbocycles. The van der Waals surface area contributed by atoms with Gasteiger partial charge in [0.15, 0.2) is 9.84 Å². The second kappa shape index (κ2) is 18.7. The third-order valence-corrected chi connectivity index (χ3v) is 13.6. The van der Waals surface area contributed by atoms with E-state index in [1.165, 1.54) is 4.90 Å². The molecule has 0 saturated carbocycles. The molecule has 0 unspecified atom stereocenters. The average Bonchev–Trinajstić information content (AvgIpc) is 3.82. The highest BCUT2D eigenvalue weighted by atomic mass is 35.5. The number of aromatic hydroxyl groups is 1. The zero-order chi connectivity index (χ0) is 44.6. The van der Waals surface area contributed by atoms with Crippen molar-refractivity contribution in [3.63, 3.8) is 0 Å². The van der Waals surface area contributed by atoms with Crippen LogP contribution >= 0.6 is 23.7 Å². The van der Waals surface area contributed by atoms with Crippen LogP contribution in [0.3, 0.4) is 0 Å². The molecule has 0 spiro atoms. The molecule has 5 N–H and O–H groups in total. The van der Waals surface area contributed by atoms with Gasteiger partial charge in [0.1, 0.15) is 28.5 Å². The number of nitrogens with zero attached hydrogens (tertiary/aromatic N) is 2. The lowest BCUT2D eigenvalue weighted by atomic mass is 9.84. The van der Waals surface area contributed by atoms with Crippen LogP contribution in [0.4, 0.5) is 0 Å². The summed E-state index contributed by atoms with van der Waals surface area (Å²) in [5, 5.41) is 25.9. The molecular formula is C48H53ClN4O8S2. The summed E-state index contributed by atoms with van der Waals surface area (Å²) >= 11 is 1.57. The van der Waals surface area contributed by atoms with Crippen LogP contribution in [-0.2, 0) is 19.4 Å². The molecule has 0 radical (unpaired) electrons. The van der Waals surface area contributed by atoms with Crippen molar-refractivity contribution in [1.29, 1.82) is 0 Å². The molecule has 2 amide bonds. The number of rotatable bonds is 13. The number of fused-ring (bicyclic) bond motifs is 1. The lowest BCUT2D eigenvalue weighted by molar-refractivity contribution is -0.148. The summed E-state index contributed by atoms with van der Waals surface area (Å²) in [6, 6.07) is 28.8. The summed E-state index contributed by atoms with van der Waals surface area (Å²) < 4.78 is 37.0. The monoisotopic (exact) mass is 912 g/mol. The molecule has 1 fully saturated rings. The third kappa shape index (κ3) is 10.2. The maximum atomic E-state index is 14.6. The van der Waals surface area contributed by atoms with E-state index in [0.717, 1.165) is 44.3 Å². The quantitative estimate of drug-likeness (QED) is 0.0876. The third-order valence-electron chi connectivity index (χ3n) is 11.5. The number of phenols is 1. The van der Waals surface area contributed by atoms with Crippen LogP contribution in [0.1, 0.15) is 57.8 Å². The minimum absolute atomic E-state index is 0. The Morgan fingerprint density at radius 2 is 1.62 bits per heavy atom. The number of aliphatic hydroxyl groups excluding tert-OH is 1. The van der Waals surface area contributed by atoms with Crippen molar-refractivity contribution in [1.82, 2.24) is 15.2 Å². The Labute approximate surface area is 378 Å². The Morgan fingerprint density at radius 3 is 2.24 bits per heavy atom. The van der Waals surface area contributed by atoms with Gasteiger partial charge in [0.25, 0.3) is 0 Å². The molecule has 6 aromatic rings. The van der Waals surface area contributed by atoms with Crippen LogP contribution < -0.4 is 20.5 Å². The highest BCUT2D eigenvalue weighted by Crippen LogP contribution is 2.42. The molecule has 15 heteroatoms. The summed E-state index contributed by atoms with van der Waals surface area (Å²) in [7, 11) is -3.39. The number of nitrogens with one attached hydrogen (secondary N) is 1. The smallest absolute Gasteiger partial charge is 0.246 e. The van der Waals surface area contributed by atoms with Crippen LogP contribution in [0, 0.1) is 12.3 Å². The summed E-state index contributed by atoms with van der Waals surface area (Å²) in [5.41, 5.74) is 10.6. The normalized spacial score (nSPS) is 17.5. The van der Waals surface area contributed by atoms with Gasteiger partial charge in [-0.3, -0.25) is 9.59 Å². The molecule has 0 aliphatic carbocycles. The van der Waals surface area contributed by atoms with Gasteiger partial charge in [-0.2, -0.15) is 0 Å². The molecule has 63 heavy (non-hydrogen) atoms. The van der Waals surface area contributed by atoms with E-state index in [0.29, 0.717) is 22.8 Å². The van der Waals surface area contributed by atoms with Gasteiger partial charge < -0.3 is 35.6 Å². The predicted molar refractivity (Wildman–Crippen MR) is 249 cm³/mol. The van der Waals surface area contributed by atoms with Gasteiger partial charge in [-0.05, 0) is 102 Å². The predicted octanol–water partition coefficient (Wildman–Crippen LogP) is 8.61. The van der Waals surface area contributed by atoms with Gasteiger partial charge in [0, 0.05) is 36.6 Å². The Hall–Kier alpha value is -5.51. The second-order valence-electron chi connectivity index (χ2n) is 17.1. The van der Waals surface area contributed by atoms with E-state index in [1.807, 2.05) is 76.5 Å². The number of aliphatic hydroxyl groups is 1. The van der Waals surface area contributed by atoms with E-state index in [2.05, 4.69) is 10.3 Å². The number of amides is 2. The largest absolute Gasteiger partial charge is 0.508 e. The first kappa shape index (κ1) is 47.0. The average molecular weight is 914 g/mol. The van der Waals surface area contributed by atoms with E-state index in [9.17, 15) is 28.2 Å². The lowest BCUT2D eigenvalue weighted by Gasteiger charge is -2.40. The zero-order valence-corrected chi connectivity index (χ0v) is 38.4. The summed E-state index contributed by atoms with van der Waals surface area (Å²) in [6.07, 6.45) is 0.299. The standard InChI is InChI=1S/C48H52N4O8S2.ClH/c1-29(31-7-9-33(10-8-31)43-30(2)50-28-61-43)51-46(56)48(26-36(54)27-52(48)45(55)44(49)47(3,4)5)23-24-59-37-15-17-38(18-16-37)60-42-40(21-13-34-25-35(53)14-22-41(34)42)32-11-19-39(20-12-32)62(6,57)58;/h7-22,25,28-29,36,44,53-54H,23-24,26-27,49H2,1-6H3,(H,51,56);1H/t29-,36+,44+,48-;/m0./s1. The maximum Gasteiger partial charge on any atom is 0.246 e. The van der Waals surface area contributed by atoms with E-state index in [4.69, 9.17) is 15.2 Å². The Bertz CT molecular complexity index is 2700. The topological polar surface area (TPSA) is 181 Å². The maximum absolute atomic E-state index is 14.6. The summed E-state index contributed by atoms with van der Waals surface area (Å²) in [4.78, 5) is 35.7. The van der Waals surface area contributed by atoms with Crippen molar-refractivity contribution in [2.75, 3.05) is 19.4 Å². The first-order valence-corrected chi connectivity index (χ1v) is 23.1. The molecule has 7 rings (SSSR count). The molecule has 332 valence electrons. The van der Waals surface area contributed by atoms with E-state index in [1.54, 1.807) is 78.1 Å². The molecule has 2 heterocycles. The van der Waals surface area contributed by atoms with Gasteiger partial charge in [-0.25, -0.2) is 13.4 Å². The lowest BCUT2D eigenvalue weighted by Crippen LogP contribution is -2.62. The van der Waals surface area contributed by atoms with E-state index < -0.39 is 50.8 Å². The van der Waals surface area contributed by atoms with Crippen LogP contribution in [0.15, 0.2) is 114 Å². The number of benzene rings is 5. The van der Waals surface area contributed by atoms with Crippen LogP contribution in [0.2, 0.25) is 0 Å². The number of carbonyl (C=O) groups excluding carboxylic acids is 2. The number of hydrogen-bond donors (Lipinski definition) is 4. The van der Waals surface area contributed by atoms with Gasteiger partial charge in [-0.15, -0.1) is 23.7 Å². The van der Waals surface area contributed by atoms with Crippen molar-refractivity contribution in [2.24, 2.45) is 11.1 Å². The zero-order valence-electron chi connectivity index (χ0n) is 36.0.